The molecule has 1 fully saturated rings. The normalized spacial score (nSPS) is 19.8. The SMILES string of the molecule is COc1ccc2nccc(C(O)CC[C@@H]3CCN(CCCCc4ccco4)C[C@@H]3C(=O)O)c2c1. The number of furan rings is 1. The van der Waals surface area contributed by atoms with E-state index in [0.29, 0.717) is 19.4 Å². The minimum absolute atomic E-state index is 0.0640. The van der Waals surface area contributed by atoms with E-state index in [1.165, 1.54) is 0 Å². The van der Waals surface area contributed by atoms with E-state index in [2.05, 4.69) is 9.88 Å². The van der Waals surface area contributed by atoms with Crippen LogP contribution < -0.4 is 4.74 Å². The van der Waals surface area contributed by atoms with Gasteiger partial charge in [-0.15, -0.1) is 0 Å². The Morgan fingerprint density at radius 3 is 2.94 bits per heavy atom. The fourth-order valence-electron chi connectivity index (χ4n) is 5.08. The van der Waals surface area contributed by atoms with Crippen molar-refractivity contribution in [3.63, 3.8) is 0 Å². The van der Waals surface area contributed by atoms with Gasteiger partial charge >= 0.3 is 5.97 Å². The van der Waals surface area contributed by atoms with Crippen LogP contribution in [0, 0.1) is 11.8 Å². The summed E-state index contributed by atoms with van der Waals surface area (Å²) in [6.45, 7) is 2.39. The number of fused-ring (bicyclic) bond motifs is 1. The summed E-state index contributed by atoms with van der Waals surface area (Å²) >= 11 is 0. The molecule has 0 radical (unpaired) electrons. The number of aliphatic hydroxyl groups excluding tert-OH is 1. The number of ether oxygens (including phenoxy) is 1. The first kappa shape index (κ1) is 24.2. The molecule has 1 saturated heterocycles. The van der Waals surface area contributed by atoms with Gasteiger partial charge in [0.15, 0.2) is 0 Å². The summed E-state index contributed by atoms with van der Waals surface area (Å²) in [6, 6.07) is 11.4. The van der Waals surface area contributed by atoms with Gasteiger partial charge in [0.1, 0.15) is 11.5 Å². The second-order valence-corrected chi connectivity index (χ2v) is 9.21. The summed E-state index contributed by atoms with van der Waals surface area (Å²) in [6.07, 6.45) is 7.74. The van der Waals surface area contributed by atoms with Crippen molar-refractivity contribution in [1.29, 1.82) is 0 Å². The molecule has 3 heterocycles. The summed E-state index contributed by atoms with van der Waals surface area (Å²) in [5, 5.41) is 21.7. The zero-order valence-electron chi connectivity index (χ0n) is 19.7. The Morgan fingerprint density at radius 1 is 1.29 bits per heavy atom. The van der Waals surface area contributed by atoms with Gasteiger partial charge in [-0.05, 0) is 93.1 Å². The van der Waals surface area contributed by atoms with Crippen molar-refractivity contribution in [3.05, 3.63) is 60.2 Å². The number of benzene rings is 1. The Balaban J connectivity index is 1.31. The van der Waals surface area contributed by atoms with Crippen LogP contribution in [0.3, 0.4) is 0 Å². The monoisotopic (exact) mass is 466 g/mol. The number of carboxylic acid groups (broad SMARTS) is 1. The lowest BCUT2D eigenvalue weighted by molar-refractivity contribution is -0.146. The van der Waals surface area contributed by atoms with Crippen LogP contribution in [0.4, 0.5) is 0 Å². The van der Waals surface area contributed by atoms with Gasteiger partial charge in [-0.2, -0.15) is 0 Å². The first-order valence-corrected chi connectivity index (χ1v) is 12.1. The van der Waals surface area contributed by atoms with Crippen molar-refractivity contribution in [2.75, 3.05) is 26.7 Å². The Kier molecular flexibility index (Phi) is 8.19. The number of aliphatic hydroxyl groups is 1. The molecule has 182 valence electrons. The number of carbonyl (C=O) groups is 1. The Hall–Kier alpha value is -2.90. The zero-order chi connectivity index (χ0) is 23.9. The number of hydrogen-bond acceptors (Lipinski definition) is 6. The number of aromatic nitrogens is 1. The largest absolute Gasteiger partial charge is 0.497 e. The molecule has 0 amide bonds. The van der Waals surface area contributed by atoms with E-state index in [9.17, 15) is 15.0 Å². The number of nitrogens with zero attached hydrogens (tertiary/aromatic N) is 2. The number of carboxylic acids is 1. The molecule has 2 N–H and O–H groups in total. The van der Waals surface area contributed by atoms with E-state index in [-0.39, 0.29) is 5.92 Å². The van der Waals surface area contributed by atoms with Gasteiger partial charge in [0.05, 0.1) is 30.9 Å². The van der Waals surface area contributed by atoms with Crippen LogP contribution in [-0.2, 0) is 11.2 Å². The third-order valence-electron chi connectivity index (χ3n) is 7.04. The molecule has 0 saturated carbocycles. The number of hydrogen-bond donors (Lipinski definition) is 2. The van der Waals surface area contributed by atoms with Crippen LogP contribution >= 0.6 is 0 Å². The number of aliphatic carboxylic acids is 1. The third-order valence-corrected chi connectivity index (χ3v) is 7.04. The predicted molar refractivity (Wildman–Crippen MR) is 130 cm³/mol. The van der Waals surface area contributed by atoms with Gasteiger partial charge in [0.25, 0.3) is 0 Å². The molecule has 0 spiro atoms. The van der Waals surface area contributed by atoms with Crippen molar-refractivity contribution in [2.24, 2.45) is 11.8 Å². The highest BCUT2D eigenvalue weighted by Crippen LogP contribution is 2.33. The highest BCUT2D eigenvalue weighted by Gasteiger charge is 2.34. The molecule has 1 aliphatic heterocycles. The van der Waals surface area contributed by atoms with E-state index >= 15 is 0 Å². The van der Waals surface area contributed by atoms with Gasteiger partial charge in [-0.1, -0.05) is 0 Å². The maximum atomic E-state index is 12.0. The lowest BCUT2D eigenvalue weighted by Crippen LogP contribution is -2.44. The quantitative estimate of drug-likeness (QED) is 0.396. The van der Waals surface area contributed by atoms with E-state index in [1.54, 1.807) is 19.6 Å². The maximum absolute atomic E-state index is 12.0. The van der Waals surface area contributed by atoms with E-state index < -0.39 is 18.0 Å². The van der Waals surface area contributed by atoms with Crippen LogP contribution in [0.25, 0.3) is 10.9 Å². The van der Waals surface area contributed by atoms with Gasteiger partial charge in [-0.3, -0.25) is 9.78 Å². The summed E-state index contributed by atoms with van der Waals surface area (Å²) in [5.74, 6) is 0.644. The Labute approximate surface area is 200 Å². The molecule has 7 nitrogen and oxygen atoms in total. The molecule has 1 aromatic carbocycles. The van der Waals surface area contributed by atoms with E-state index in [4.69, 9.17) is 9.15 Å². The highest BCUT2D eigenvalue weighted by molar-refractivity contribution is 5.83. The molecular weight excluding hydrogens is 432 g/mol. The summed E-state index contributed by atoms with van der Waals surface area (Å²) < 4.78 is 10.7. The van der Waals surface area contributed by atoms with E-state index in [0.717, 1.165) is 66.7 Å². The zero-order valence-corrected chi connectivity index (χ0v) is 19.7. The molecule has 34 heavy (non-hydrogen) atoms. The van der Waals surface area contributed by atoms with Crippen molar-refractivity contribution < 1.29 is 24.2 Å². The van der Waals surface area contributed by atoms with Gasteiger partial charge in [0.2, 0.25) is 0 Å². The summed E-state index contributed by atoms with van der Waals surface area (Å²) in [4.78, 5) is 18.7. The van der Waals surface area contributed by atoms with Crippen LogP contribution in [0.2, 0.25) is 0 Å². The smallest absolute Gasteiger partial charge is 0.308 e. The number of unbranched alkanes of at least 4 members (excludes halogenated alkanes) is 1. The molecular formula is C27H34N2O5. The van der Waals surface area contributed by atoms with Gasteiger partial charge < -0.3 is 24.3 Å². The second-order valence-electron chi connectivity index (χ2n) is 9.21. The number of pyridine rings is 1. The first-order chi connectivity index (χ1) is 16.5. The molecule has 1 unspecified atom stereocenters. The maximum Gasteiger partial charge on any atom is 0.308 e. The van der Waals surface area contributed by atoms with Gasteiger partial charge in [0, 0.05) is 24.5 Å². The van der Waals surface area contributed by atoms with Crippen LogP contribution in [0.5, 0.6) is 5.75 Å². The van der Waals surface area contributed by atoms with Crippen molar-refractivity contribution in [3.8, 4) is 5.75 Å². The topological polar surface area (TPSA) is 96.0 Å². The summed E-state index contributed by atoms with van der Waals surface area (Å²) in [5.41, 5.74) is 1.62. The third kappa shape index (κ3) is 5.96. The van der Waals surface area contributed by atoms with E-state index in [1.807, 2.05) is 36.4 Å². The first-order valence-electron chi connectivity index (χ1n) is 12.1. The summed E-state index contributed by atoms with van der Waals surface area (Å²) in [7, 11) is 1.62. The van der Waals surface area contributed by atoms with Gasteiger partial charge in [-0.25, -0.2) is 0 Å². The number of piperidine rings is 1. The van der Waals surface area contributed by atoms with Crippen molar-refractivity contribution in [1.82, 2.24) is 9.88 Å². The molecule has 3 atom stereocenters. The minimum atomic E-state index is -0.737. The highest BCUT2D eigenvalue weighted by atomic mass is 16.5. The minimum Gasteiger partial charge on any atom is -0.497 e. The predicted octanol–water partition coefficient (Wildman–Crippen LogP) is 4.70. The average Bonchev–Trinajstić information content (AvgIpc) is 3.38. The Bertz CT molecular complexity index is 1070. The number of methoxy groups -OCH3 is 1. The van der Waals surface area contributed by atoms with Crippen molar-refractivity contribution in [2.45, 2.75) is 44.6 Å². The standard InChI is InChI=1S/C27H34N2O5/c1-33-21-8-9-25-23(17-21)22(11-13-28-25)26(30)10-7-19-12-15-29(18-24(19)27(31)32)14-3-2-5-20-6-4-16-34-20/h4,6,8-9,11,13,16-17,19,24,26,30H,2-3,5,7,10,12,14-15,18H2,1H3,(H,31,32)/t19-,24+,26?/m1/s1. The number of likely N-dealkylation sites (tertiary alicyclic amines) is 1. The molecule has 3 aromatic rings. The second kappa shape index (κ2) is 11.5. The van der Waals surface area contributed by atoms with Crippen LogP contribution in [0.15, 0.2) is 53.3 Å². The number of rotatable bonds is 11. The molecule has 7 heteroatoms. The Morgan fingerprint density at radius 2 is 2.18 bits per heavy atom. The average molecular weight is 467 g/mol. The fraction of sp³-hybridized carbons (Fsp3) is 0.481. The molecule has 4 rings (SSSR count). The lowest BCUT2D eigenvalue weighted by Gasteiger charge is -2.37. The molecule has 0 aliphatic carbocycles. The molecule has 0 bridgehead atoms. The lowest BCUT2D eigenvalue weighted by atomic mass is 9.81. The van der Waals surface area contributed by atoms with Crippen LogP contribution in [0.1, 0.15) is 49.5 Å². The van der Waals surface area contributed by atoms with Crippen molar-refractivity contribution >= 4 is 16.9 Å². The molecule has 2 aromatic heterocycles. The fourth-order valence-corrected chi connectivity index (χ4v) is 5.08. The van der Waals surface area contributed by atoms with Crippen LogP contribution in [-0.4, -0.2) is 52.8 Å². The number of aryl methyl sites for hydroxylation is 1. The molecule has 1 aliphatic rings.